The van der Waals surface area contributed by atoms with Crippen molar-refractivity contribution in [1.29, 1.82) is 0 Å². The van der Waals surface area contributed by atoms with Crippen molar-refractivity contribution in [2.45, 2.75) is 65.6 Å². The zero-order valence-electron chi connectivity index (χ0n) is 14.6. The highest BCUT2D eigenvalue weighted by Gasteiger charge is 2.17. The van der Waals surface area contributed by atoms with Crippen LogP contribution in [0.4, 0.5) is 0 Å². The Bertz CT molecular complexity index is 402. The number of aliphatic hydroxyl groups excluding tert-OH is 1. The SMILES string of the molecule is CCCC(O)c1ccccc1OCC[NH+](C(C)C)C(C)C.[Cl-]. The molecular weight excluding hydrogens is 298 g/mol. The van der Waals surface area contributed by atoms with Gasteiger partial charge in [-0.3, -0.25) is 0 Å². The molecule has 0 saturated heterocycles. The molecular formula is C18H32ClNO2. The summed E-state index contributed by atoms with van der Waals surface area (Å²) < 4.78 is 5.95. The van der Waals surface area contributed by atoms with Crippen LogP contribution >= 0.6 is 0 Å². The molecule has 0 saturated carbocycles. The molecule has 2 N–H and O–H groups in total. The van der Waals surface area contributed by atoms with Crippen LogP contribution in [0, 0.1) is 0 Å². The number of hydrogen-bond donors (Lipinski definition) is 2. The molecule has 1 rings (SSSR count). The molecule has 0 amide bonds. The minimum absolute atomic E-state index is 0. The summed E-state index contributed by atoms with van der Waals surface area (Å²) in [6.45, 7) is 12.7. The maximum Gasteiger partial charge on any atom is 0.137 e. The second-order valence-electron chi connectivity index (χ2n) is 6.33. The predicted molar refractivity (Wildman–Crippen MR) is 87.9 cm³/mol. The molecule has 4 heteroatoms. The summed E-state index contributed by atoms with van der Waals surface area (Å²) in [5.41, 5.74) is 0.912. The maximum absolute atomic E-state index is 10.2. The molecule has 0 radical (unpaired) electrons. The number of halogens is 1. The number of ether oxygens (including phenoxy) is 1. The van der Waals surface area contributed by atoms with E-state index in [4.69, 9.17) is 4.74 Å². The summed E-state index contributed by atoms with van der Waals surface area (Å²) in [5.74, 6) is 0.824. The van der Waals surface area contributed by atoms with Crippen molar-refractivity contribution in [2.24, 2.45) is 0 Å². The van der Waals surface area contributed by atoms with Gasteiger partial charge in [0, 0.05) is 5.56 Å². The van der Waals surface area contributed by atoms with Crippen LogP contribution in [0.3, 0.4) is 0 Å². The van der Waals surface area contributed by atoms with Gasteiger partial charge in [-0.05, 0) is 40.2 Å². The van der Waals surface area contributed by atoms with Crippen LogP contribution in [0.1, 0.15) is 59.1 Å². The number of nitrogens with one attached hydrogen (secondary N) is 1. The molecule has 22 heavy (non-hydrogen) atoms. The summed E-state index contributed by atoms with van der Waals surface area (Å²) >= 11 is 0. The standard InChI is InChI=1S/C18H31NO2.ClH/c1-6-9-17(20)16-10-7-8-11-18(16)21-13-12-19(14(2)3)15(4)5;/h7-8,10-11,14-15,17,20H,6,9,12-13H2,1-5H3;1H. The lowest BCUT2D eigenvalue weighted by atomic mass is 10.0. The monoisotopic (exact) mass is 329 g/mol. The predicted octanol–water partition coefficient (Wildman–Crippen LogP) is -0.395. The summed E-state index contributed by atoms with van der Waals surface area (Å²) in [4.78, 5) is 1.54. The van der Waals surface area contributed by atoms with Crippen LogP contribution in [0.25, 0.3) is 0 Å². The van der Waals surface area contributed by atoms with Gasteiger partial charge in [-0.1, -0.05) is 31.5 Å². The Kier molecular flexibility index (Phi) is 10.5. The zero-order valence-corrected chi connectivity index (χ0v) is 15.4. The Hall–Kier alpha value is -0.770. The van der Waals surface area contributed by atoms with E-state index in [0.29, 0.717) is 18.7 Å². The lowest BCUT2D eigenvalue weighted by Crippen LogP contribution is -3.18. The first-order valence-corrected chi connectivity index (χ1v) is 8.22. The van der Waals surface area contributed by atoms with E-state index >= 15 is 0 Å². The van der Waals surface area contributed by atoms with Crippen LogP contribution in [-0.2, 0) is 0 Å². The third-order valence-electron chi connectivity index (χ3n) is 3.97. The molecule has 0 bridgehead atoms. The van der Waals surface area contributed by atoms with Gasteiger partial charge in [-0.25, -0.2) is 0 Å². The number of para-hydroxylation sites is 1. The maximum atomic E-state index is 10.2. The Morgan fingerprint density at radius 1 is 1.09 bits per heavy atom. The summed E-state index contributed by atoms with van der Waals surface area (Å²) in [7, 11) is 0. The number of benzene rings is 1. The van der Waals surface area contributed by atoms with Crippen molar-refractivity contribution >= 4 is 0 Å². The average molecular weight is 330 g/mol. The second kappa shape index (κ2) is 10.9. The van der Waals surface area contributed by atoms with Gasteiger partial charge >= 0.3 is 0 Å². The highest BCUT2D eigenvalue weighted by Crippen LogP contribution is 2.27. The molecule has 3 nitrogen and oxygen atoms in total. The van der Waals surface area contributed by atoms with E-state index in [2.05, 4.69) is 34.6 Å². The highest BCUT2D eigenvalue weighted by atomic mass is 35.5. The fourth-order valence-electron chi connectivity index (χ4n) is 2.84. The Balaban J connectivity index is 0.00000441. The molecule has 0 heterocycles. The third kappa shape index (κ3) is 6.55. The number of hydrogen-bond acceptors (Lipinski definition) is 2. The van der Waals surface area contributed by atoms with Crippen molar-refractivity contribution in [3.05, 3.63) is 29.8 Å². The lowest BCUT2D eigenvalue weighted by molar-refractivity contribution is -0.942. The van der Waals surface area contributed by atoms with Gasteiger partial charge in [-0.15, -0.1) is 0 Å². The molecule has 0 aromatic heterocycles. The minimum Gasteiger partial charge on any atom is -1.00 e. The van der Waals surface area contributed by atoms with Crippen molar-refractivity contribution < 1.29 is 27.2 Å². The fourth-order valence-corrected chi connectivity index (χ4v) is 2.84. The first-order chi connectivity index (χ1) is 9.97. The molecule has 0 aliphatic rings. The molecule has 0 spiro atoms. The molecule has 0 aliphatic heterocycles. The molecule has 1 aromatic rings. The molecule has 1 atom stereocenters. The van der Waals surface area contributed by atoms with Gasteiger partial charge in [0.15, 0.2) is 0 Å². The minimum atomic E-state index is -0.426. The van der Waals surface area contributed by atoms with E-state index < -0.39 is 6.10 Å². The summed E-state index contributed by atoms with van der Waals surface area (Å²) in [5, 5.41) is 10.2. The fraction of sp³-hybridized carbons (Fsp3) is 0.667. The summed E-state index contributed by atoms with van der Waals surface area (Å²) in [6, 6.07) is 9.03. The topological polar surface area (TPSA) is 33.9 Å². The first-order valence-electron chi connectivity index (χ1n) is 8.22. The smallest absolute Gasteiger partial charge is 0.137 e. The molecule has 0 fully saturated rings. The second-order valence-corrected chi connectivity index (χ2v) is 6.33. The number of aliphatic hydroxyl groups is 1. The van der Waals surface area contributed by atoms with Gasteiger partial charge in [0.2, 0.25) is 0 Å². The number of quaternary nitrogens is 1. The molecule has 1 unspecified atom stereocenters. The van der Waals surface area contributed by atoms with Crippen molar-refractivity contribution in [2.75, 3.05) is 13.2 Å². The van der Waals surface area contributed by atoms with E-state index in [0.717, 1.165) is 30.7 Å². The summed E-state index contributed by atoms with van der Waals surface area (Å²) in [6.07, 6.45) is 1.31. The highest BCUT2D eigenvalue weighted by molar-refractivity contribution is 5.35. The Morgan fingerprint density at radius 3 is 2.23 bits per heavy atom. The number of rotatable bonds is 9. The van der Waals surface area contributed by atoms with E-state index in [1.54, 1.807) is 4.90 Å². The van der Waals surface area contributed by atoms with Gasteiger partial charge in [0.1, 0.15) is 18.9 Å². The Labute approximate surface area is 142 Å². The third-order valence-corrected chi connectivity index (χ3v) is 3.97. The quantitative estimate of drug-likeness (QED) is 0.647. The van der Waals surface area contributed by atoms with Crippen molar-refractivity contribution in [3.8, 4) is 5.75 Å². The Morgan fingerprint density at radius 2 is 1.68 bits per heavy atom. The van der Waals surface area contributed by atoms with Crippen LogP contribution < -0.4 is 22.0 Å². The van der Waals surface area contributed by atoms with Crippen LogP contribution in [0.2, 0.25) is 0 Å². The van der Waals surface area contributed by atoms with Crippen LogP contribution in [-0.4, -0.2) is 30.3 Å². The van der Waals surface area contributed by atoms with E-state index in [-0.39, 0.29) is 12.4 Å². The molecule has 1 aromatic carbocycles. The average Bonchev–Trinajstić information content (AvgIpc) is 2.43. The largest absolute Gasteiger partial charge is 1.00 e. The van der Waals surface area contributed by atoms with Gasteiger partial charge in [0.05, 0.1) is 18.2 Å². The van der Waals surface area contributed by atoms with Crippen LogP contribution in [0.15, 0.2) is 24.3 Å². The van der Waals surface area contributed by atoms with Crippen molar-refractivity contribution in [1.82, 2.24) is 0 Å². The van der Waals surface area contributed by atoms with Gasteiger partial charge in [0.25, 0.3) is 0 Å². The van der Waals surface area contributed by atoms with Gasteiger partial charge < -0.3 is 27.2 Å². The lowest BCUT2D eigenvalue weighted by Gasteiger charge is -2.27. The van der Waals surface area contributed by atoms with E-state index in [1.807, 2.05) is 24.3 Å². The van der Waals surface area contributed by atoms with Gasteiger partial charge in [-0.2, -0.15) is 0 Å². The van der Waals surface area contributed by atoms with Crippen LogP contribution in [0.5, 0.6) is 5.75 Å². The van der Waals surface area contributed by atoms with Crippen molar-refractivity contribution in [3.63, 3.8) is 0 Å². The van der Waals surface area contributed by atoms with E-state index in [1.165, 1.54) is 0 Å². The zero-order chi connectivity index (χ0) is 15.8. The van der Waals surface area contributed by atoms with E-state index in [9.17, 15) is 5.11 Å². The molecule has 0 aliphatic carbocycles. The first kappa shape index (κ1) is 21.2. The normalized spacial score (nSPS) is 12.6. The molecule has 128 valence electrons.